The third kappa shape index (κ3) is 6.45. The van der Waals surface area contributed by atoms with Crippen LogP contribution in [0.4, 0.5) is 8.78 Å². The molecule has 0 saturated heterocycles. The van der Waals surface area contributed by atoms with Crippen LogP contribution in [0.3, 0.4) is 0 Å². The van der Waals surface area contributed by atoms with E-state index < -0.39 is 17.2 Å². The van der Waals surface area contributed by atoms with Crippen LogP contribution in [0, 0.1) is 11.6 Å². The molecule has 168 valence electrons. The van der Waals surface area contributed by atoms with Gasteiger partial charge in [0.25, 0.3) is 0 Å². The zero-order chi connectivity index (χ0) is 22.0. The van der Waals surface area contributed by atoms with Gasteiger partial charge in [0, 0.05) is 32.0 Å². The molecule has 0 spiro atoms. The molecule has 0 radical (unpaired) electrons. The van der Waals surface area contributed by atoms with Crippen molar-refractivity contribution >= 4 is 12.2 Å². The molecule has 0 amide bonds. The second-order valence-electron chi connectivity index (χ2n) is 7.35. The molecule has 1 fully saturated rings. The van der Waals surface area contributed by atoms with Gasteiger partial charge >= 0.3 is 5.97 Å². The molecule has 1 aliphatic carbocycles. The number of methoxy groups -OCH3 is 2. The number of hydrogen-bond acceptors (Lipinski definition) is 7. The third-order valence-corrected chi connectivity index (χ3v) is 5.26. The molecule has 1 saturated carbocycles. The molecular formula is C21H31F2N3O4. The van der Waals surface area contributed by atoms with Crippen molar-refractivity contribution in [2.75, 3.05) is 54.2 Å². The summed E-state index contributed by atoms with van der Waals surface area (Å²) < 4.78 is 43.8. The molecular weight excluding hydrogens is 396 g/mol. The third-order valence-electron chi connectivity index (χ3n) is 5.26. The number of halogens is 2. The van der Waals surface area contributed by atoms with Crippen molar-refractivity contribution in [2.24, 2.45) is 4.99 Å². The number of likely N-dealkylation sites (N-methyl/N-ethyl adjacent to an activating group) is 1. The van der Waals surface area contributed by atoms with Gasteiger partial charge in [-0.2, -0.15) is 4.39 Å². The van der Waals surface area contributed by atoms with Gasteiger partial charge in [0.1, 0.15) is 12.1 Å². The van der Waals surface area contributed by atoms with E-state index in [1.54, 1.807) is 7.11 Å². The zero-order valence-corrected chi connectivity index (χ0v) is 17.9. The molecule has 9 heteroatoms. The van der Waals surface area contributed by atoms with Crippen molar-refractivity contribution in [3.8, 4) is 5.75 Å². The van der Waals surface area contributed by atoms with Crippen LogP contribution in [0.1, 0.15) is 31.2 Å². The maximum absolute atomic E-state index is 14.3. The molecule has 0 unspecified atom stereocenters. The van der Waals surface area contributed by atoms with Crippen LogP contribution in [-0.4, -0.2) is 76.9 Å². The Bertz CT molecular complexity index is 724. The van der Waals surface area contributed by atoms with E-state index in [0.29, 0.717) is 26.0 Å². The van der Waals surface area contributed by atoms with E-state index in [4.69, 9.17) is 14.2 Å². The summed E-state index contributed by atoms with van der Waals surface area (Å²) in [5.74, 6) is -2.53. The Hall–Kier alpha value is -2.10. The van der Waals surface area contributed by atoms with Crippen LogP contribution in [0.25, 0.3) is 0 Å². The smallest absolute Gasteiger partial charge is 0.326 e. The summed E-state index contributed by atoms with van der Waals surface area (Å²) in [6.45, 7) is 2.19. The Morgan fingerprint density at radius 2 is 1.90 bits per heavy atom. The Balaban J connectivity index is 1.89. The number of esters is 1. The highest BCUT2D eigenvalue weighted by molar-refractivity contribution is 5.82. The first-order valence-corrected chi connectivity index (χ1v) is 10.0. The van der Waals surface area contributed by atoms with Crippen LogP contribution in [0.15, 0.2) is 17.1 Å². The average Bonchev–Trinajstić information content (AvgIpc) is 3.23. The van der Waals surface area contributed by atoms with Gasteiger partial charge in [0.15, 0.2) is 11.6 Å². The number of aliphatic imine (C=N–C) groups is 1. The Kier molecular flexibility index (Phi) is 9.61. The molecule has 7 nitrogen and oxygen atoms in total. The van der Waals surface area contributed by atoms with Gasteiger partial charge < -0.3 is 19.1 Å². The molecule has 1 aromatic carbocycles. The number of nitrogens with one attached hydrogen (secondary N) is 1. The average molecular weight is 427 g/mol. The Labute approximate surface area is 176 Å². The lowest BCUT2D eigenvalue weighted by Gasteiger charge is -2.26. The van der Waals surface area contributed by atoms with Crippen molar-refractivity contribution in [1.29, 1.82) is 0 Å². The van der Waals surface area contributed by atoms with E-state index in [1.165, 1.54) is 25.5 Å². The van der Waals surface area contributed by atoms with E-state index in [9.17, 15) is 13.6 Å². The molecule has 0 atom stereocenters. The monoisotopic (exact) mass is 427 g/mol. The highest BCUT2D eigenvalue weighted by Gasteiger charge is 2.41. The quantitative estimate of drug-likeness (QED) is 0.408. The summed E-state index contributed by atoms with van der Waals surface area (Å²) in [6, 6.07) is 2.80. The summed E-state index contributed by atoms with van der Waals surface area (Å²) in [5, 5.41) is 3.09. The first kappa shape index (κ1) is 24.2. The number of nitrogens with zero attached hydrogens (tertiary/aromatic N) is 2. The second-order valence-corrected chi connectivity index (χ2v) is 7.35. The van der Waals surface area contributed by atoms with Gasteiger partial charge in [-0.05, 0) is 32.0 Å². The largest absolute Gasteiger partial charge is 0.489 e. The summed E-state index contributed by atoms with van der Waals surface area (Å²) in [7, 11) is 4.87. The Morgan fingerprint density at radius 3 is 2.57 bits per heavy atom. The molecule has 1 aromatic rings. The molecule has 2 rings (SSSR count). The lowest BCUT2D eigenvalue weighted by molar-refractivity contribution is -0.148. The van der Waals surface area contributed by atoms with Crippen molar-refractivity contribution in [1.82, 2.24) is 10.2 Å². The van der Waals surface area contributed by atoms with Crippen LogP contribution in [0.5, 0.6) is 5.75 Å². The van der Waals surface area contributed by atoms with Crippen LogP contribution in [-0.2, 0) is 14.3 Å². The van der Waals surface area contributed by atoms with Gasteiger partial charge in [-0.3, -0.25) is 15.1 Å². The van der Waals surface area contributed by atoms with Gasteiger partial charge in [-0.25, -0.2) is 4.39 Å². The number of benzene rings is 1. The second kappa shape index (κ2) is 11.9. The first-order chi connectivity index (χ1) is 14.4. The van der Waals surface area contributed by atoms with Gasteiger partial charge in [-0.1, -0.05) is 12.8 Å². The Morgan fingerprint density at radius 1 is 1.20 bits per heavy atom. The van der Waals surface area contributed by atoms with Gasteiger partial charge in [0.05, 0.1) is 20.4 Å². The minimum Gasteiger partial charge on any atom is -0.489 e. The minimum atomic E-state index is -1.05. The number of hydrogen-bond donors (Lipinski definition) is 1. The predicted octanol–water partition coefficient (Wildman–Crippen LogP) is 2.37. The minimum absolute atomic E-state index is 0.0115. The SMILES string of the molecule is COCCN(C)CCOc1ccc(C=NCNC2(C(=O)OC)CCCC2)c(F)c1F. The normalized spacial score (nSPS) is 15.8. The molecule has 0 aromatic heterocycles. The highest BCUT2D eigenvalue weighted by Crippen LogP contribution is 2.30. The van der Waals surface area contributed by atoms with Crippen LogP contribution < -0.4 is 10.1 Å². The fraction of sp³-hybridized carbons (Fsp3) is 0.619. The van der Waals surface area contributed by atoms with Crippen molar-refractivity contribution < 1.29 is 27.8 Å². The summed E-state index contributed by atoms with van der Waals surface area (Å²) in [5.41, 5.74) is -0.735. The summed E-state index contributed by atoms with van der Waals surface area (Å²) >= 11 is 0. The van der Waals surface area contributed by atoms with E-state index in [1.807, 2.05) is 11.9 Å². The summed E-state index contributed by atoms with van der Waals surface area (Å²) in [6.07, 6.45) is 4.44. The summed E-state index contributed by atoms with van der Waals surface area (Å²) in [4.78, 5) is 18.1. The lowest BCUT2D eigenvalue weighted by atomic mass is 9.98. The van der Waals surface area contributed by atoms with Gasteiger partial charge in [0.2, 0.25) is 5.82 Å². The number of ether oxygens (including phenoxy) is 3. The number of rotatable bonds is 12. The number of carbonyl (C=O) groups excluding carboxylic acids is 1. The number of carbonyl (C=O) groups is 1. The van der Waals surface area contributed by atoms with Crippen molar-refractivity contribution in [2.45, 2.75) is 31.2 Å². The maximum atomic E-state index is 14.3. The van der Waals surface area contributed by atoms with Crippen LogP contribution in [0.2, 0.25) is 0 Å². The van der Waals surface area contributed by atoms with Crippen molar-refractivity contribution in [3.05, 3.63) is 29.3 Å². The lowest BCUT2D eigenvalue weighted by Crippen LogP contribution is -2.50. The molecule has 30 heavy (non-hydrogen) atoms. The highest BCUT2D eigenvalue weighted by atomic mass is 19.2. The predicted molar refractivity (Wildman–Crippen MR) is 110 cm³/mol. The van der Waals surface area contributed by atoms with E-state index >= 15 is 0 Å². The fourth-order valence-electron chi connectivity index (χ4n) is 3.40. The van der Waals surface area contributed by atoms with E-state index in [2.05, 4.69) is 10.3 Å². The van der Waals surface area contributed by atoms with E-state index in [0.717, 1.165) is 19.4 Å². The molecule has 0 aliphatic heterocycles. The first-order valence-electron chi connectivity index (χ1n) is 10.0. The standard InChI is InChI=1S/C21H31F2N3O4/c1-26(10-12-28-2)11-13-30-17-7-6-16(18(22)19(17)23)14-24-15-25-21(20(27)29-3)8-4-5-9-21/h6-7,14,25H,4-5,8-13,15H2,1-3H3. The maximum Gasteiger partial charge on any atom is 0.326 e. The zero-order valence-electron chi connectivity index (χ0n) is 17.9. The molecule has 0 heterocycles. The van der Waals surface area contributed by atoms with Crippen LogP contribution >= 0.6 is 0 Å². The molecule has 1 aliphatic rings. The van der Waals surface area contributed by atoms with E-state index in [-0.39, 0.29) is 30.6 Å². The molecule has 1 N–H and O–H groups in total. The topological polar surface area (TPSA) is 72.4 Å². The molecule has 0 bridgehead atoms. The van der Waals surface area contributed by atoms with Gasteiger partial charge in [-0.15, -0.1) is 0 Å². The fourth-order valence-corrected chi connectivity index (χ4v) is 3.40. The van der Waals surface area contributed by atoms with Crippen molar-refractivity contribution in [3.63, 3.8) is 0 Å².